The van der Waals surface area contributed by atoms with E-state index in [1.54, 1.807) is 0 Å². The van der Waals surface area contributed by atoms with Crippen LogP contribution in [-0.4, -0.2) is 35.0 Å². The van der Waals surface area contributed by atoms with E-state index in [9.17, 15) is 4.79 Å². The lowest BCUT2D eigenvalue weighted by atomic mass is 9.78. The van der Waals surface area contributed by atoms with Crippen LogP contribution < -0.4 is 11.1 Å². The van der Waals surface area contributed by atoms with Gasteiger partial charge >= 0.3 is 0 Å². The number of carbonyl (C=O) groups is 2. The third-order valence-corrected chi connectivity index (χ3v) is 5.72. The highest BCUT2D eigenvalue weighted by atomic mass is 32.1. The second kappa shape index (κ2) is 19.1. The second-order valence-corrected chi connectivity index (χ2v) is 8.69. The molecule has 0 bridgehead atoms. The molecule has 2 amide bonds. The molecule has 3 N–H and O–H groups in total. The minimum atomic E-state index is -0.639. The van der Waals surface area contributed by atoms with Crippen molar-refractivity contribution in [2.45, 2.75) is 72.1 Å². The number of rotatable bonds is 8. The van der Waals surface area contributed by atoms with Crippen molar-refractivity contribution in [3.05, 3.63) is 42.0 Å². The van der Waals surface area contributed by atoms with Gasteiger partial charge in [-0.2, -0.15) is 0 Å². The third-order valence-electron chi connectivity index (χ3n) is 5.61. The van der Waals surface area contributed by atoms with Gasteiger partial charge in [0.1, 0.15) is 0 Å². The van der Waals surface area contributed by atoms with Gasteiger partial charge in [-0.1, -0.05) is 83.7 Å². The molecule has 1 aromatic carbocycles. The Labute approximate surface area is 206 Å². The van der Waals surface area contributed by atoms with Crippen LogP contribution >= 0.6 is 25.3 Å². The molecule has 0 radical (unpaired) electrons. The number of nitrogens with two attached hydrogens (primary N) is 1. The summed E-state index contributed by atoms with van der Waals surface area (Å²) in [7, 11) is 0. The van der Waals surface area contributed by atoms with Crippen molar-refractivity contribution in [1.29, 1.82) is 0 Å². The van der Waals surface area contributed by atoms with Crippen LogP contribution in [0, 0.1) is 5.92 Å². The second-order valence-electron chi connectivity index (χ2n) is 7.84. The Bertz CT molecular complexity index is 644. The first-order valence-corrected chi connectivity index (χ1v) is 12.6. The normalized spacial score (nSPS) is 17.7. The summed E-state index contributed by atoms with van der Waals surface area (Å²) in [5.74, 6) is 1.44. The fourth-order valence-electron chi connectivity index (χ4n) is 3.73. The van der Waals surface area contributed by atoms with E-state index in [2.05, 4.69) is 93.2 Å². The predicted molar refractivity (Wildman–Crippen MR) is 145 cm³/mol. The smallest absolute Gasteiger partial charge is 0.280 e. The van der Waals surface area contributed by atoms with Crippen molar-refractivity contribution < 1.29 is 9.59 Å². The highest BCUT2D eigenvalue weighted by Crippen LogP contribution is 2.36. The number of nitrogens with one attached hydrogen (secondary N) is 1. The van der Waals surface area contributed by atoms with E-state index in [-0.39, 0.29) is 5.24 Å². The number of hydrogen-bond acceptors (Lipinski definition) is 3. The van der Waals surface area contributed by atoms with Crippen LogP contribution in [0.3, 0.4) is 0 Å². The molecule has 0 aliphatic heterocycles. The molecule has 1 aliphatic carbocycles. The summed E-state index contributed by atoms with van der Waals surface area (Å²) in [4.78, 5) is 22.4. The maximum Gasteiger partial charge on any atom is 0.280 e. The molecule has 7 heteroatoms. The van der Waals surface area contributed by atoms with E-state index in [4.69, 9.17) is 4.79 Å². The van der Waals surface area contributed by atoms with Gasteiger partial charge in [0.05, 0.1) is 0 Å². The zero-order valence-electron chi connectivity index (χ0n) is 20.2. The van der Waals surface area contributed by atoms with Gasteiger partial charge in [-0.05, 0) is 81.3 Å². The van der Waals surface area contributed by atoms with Crippen molar-refractivity contribution in [1.82, 2.24) is 4.90 Å². The molecule has 0 aromatic heterocycles. The molecule has 32 heavy (non-hydrogen) atoms. The predicted octanol–water partition coefficient (Wildman–Crippen LogP) is 7.12. The minimum Gasteiger partial charge on any atom is -0.361 e. The number of hydrogen-bond donors (Lipinski definition) is 4. The molecule has 0 unspecified atom stereocenters. The lowest BCUT2D eigenvalue weighted by Gasteiger charge is -2.27. The van der Waals surface area contributed by atoms with Gasteiger partial charge in [-0.3, -0.25) is 9.59 Å². The number of carbonyl (C=O) groups excluding carboxylic acids is 2. The number of amides is 2. The first kappa shape index (κ1) is 30.6. The highest BCUT2D eigenvalue weighted by molar-refractivity contribution is 7.97. The fourth-order valence-corrected chi connectivity index (χ4v) is 3.86. The molecular weight excluding hydrogens is 438 g/mol. The quantitative estimate of drug-likeness (QED) is 0.236. The van der Waals surface area contributed by atoms with E-state index in [0.717, 1.165) is 11.6 Å². The van der Waals surface area contributed by atoms with Crippen molar-refractivity contribution >= 4 is 41.4 Å². The number of anilines is 1. The van der Waals surface area contributed by atoms with Crippen LogP contribution in [0.25, 0.3) is 0 Å². The standard InChI is InChI=1S/C18H25NOS.C6H15N.CH3NOS/c1-2-3-4-5-14-6-8-15(9-7-14)16-10-12-17(13-11-16)19-18(20)21;1-4-7(5-2)6-3;2-1(3)4/h4-5,10-15H,2-3,6-9H2,1H3,(H2,19,20,21);4-6H2,1-3H3;(H3,2,3,4). The van der Waals surface area contributed by atoms with Gasteiger partial charge in [-0.25, -0.2) is 0 Å². The van der Waals surface area contributed by atoms with Crippen LogP contribution in [0.5, 0.6) is 0 Å². The molecule has 0 saturated heterocycles. The van der Waals surface area contributed by atoms with E-state index < -0.39 is 5.24 Å². The molecule has 5 nitrogen and oxygen atoms in total. The number of primary amides is 1. The molecule has 0 atom stereocenters. The van der Waals surface area contributed by atoms with Crippen LogP contribution in [0.2, 0.25) is 0 Å². The summed E-state index contributed by atoms with van der Waals surface area (Å²) < 4.78 is 0. The van der Waals surface area contributed by atoms with Gasteiger partial charge < -0.3 is 16.0 Å². The topological polar surface area (TPSA) is 75.4 Å². The average molecular weight is 482 g/mol. The summed E-state index contributed by atoms with van der Waals surface area (Å²) in [6.07, 6.45) is 12.3. The van der Waals surface area contributed by atoms with Gasteiger partial charge in [-0.15, -0.1) is 0 Å². The largest absolute Gasteiger partial charge is 0.361 e. The Kier molecular flexibility index (Phi) is 18.2. The average Bonchev–Trinajstić information content (AvgIpc) is 2.76. The van der Waals surface area contributed by atoms with Crippen molar-refractivity contribution in [3.8, 4) is 0 Å². The fraction of sp³-hybridized carbons (Fsp3) is 0.600. The van der Waals surface area contributed by atoms with Gasteiger partial charge in [0.25, 0.3) is 10.5 Å². The summed E-state index contributed by atoms with van der Waals surface area (Å²) in [5.41, 5.74) is 6.54. The molecule has 1 aliphatic rings. The number of thiol groups is 2. The maximum absolute atomic E-state index is 10.9. The van der Waals surface area contributed by atoms with Gasteiger partial charge in [0, 0.05) is 5.69 Å². The van der Waals surface area contributed by atoms with Crippen LogP contribution in [0.4, 0.5) is 15.3 Å². The Morgan fingerprint density at radius 1 is 1.00 bits per heavy atom. The Balaban J connectivity index is 0.000000728. The Morgan fingerprint density at radius 2 is 1.50 bits per heavy atom. The summed E-state index contributed by atoms with van der Waals surface area (Å²) >= 11 is 6.83. The minimum absolute atomic E-state index is 0.317. The Morgan fingerprint density at radius 3 is 1.88 bits per heavy atom. The third kappa shape index (κ3) is 15.4. The van der Waals surface area contributed by atoms with Gasteiger partial charge in [0.15, 0.2) is 0 Å². The summed E-state index contributed by atoms with van der Waals surface area (Å²) in [6.45, 7) is 12.3. The van der Waals surface area contributed by atoms with Crippen LogP contribution in [0.1, 0.15) is 77.7 Å². The van der Waals surface area contributed by atoms with Crippen molar-refractivity contribution in [2.24, 2.45) is 11.7 Å². The SMILES string of the molecule is CCCC=CC1CCC(c2ccc(NC(=O)S)cc2)CC1.CCN(CC)CC.NC(=O)S. The lowest BCUT2D eigenvalue weighted by Crippen LogP contribution is -2.21. The van der Waals surface area contributed by atoms with Crippen molar-refractivity contribution in [3.63, 3.8) is 0 Å². The first-order chi connectivity index (χ1) is 15.3. The molecule has 1 aromatic rings. The lowest BCUT2D eigenvalue weighted by molar-refractivity contribution is 0.267. The zero-order chi connectivity index (χ0) is 24.4. The van der Waals surface area contributed by atoms with E-state index in [1.807, 2.05) is 12.1 Å². The highest BCUT2D eigenvalue weighted by Gasteiger charge is 2.20. The zero-order valence-corrected chi connectivity index (χ0v) is 22.0. The van der Waals surface area contributed by atoms with Crippen LogP contribution in [0.15, 0.2) is 36.4 Å². The monoisotopic (exact) mass is 481 g/mol. The van der Waals surface area contributed by atoms with E-state index in [0.29, 0.717) is 5.92 Å². The Hall–Kier alpha value is -1.44. The molecule has 1 saturated carbocycles. The molecule has 0 spiro atoms. The summed E-state index contributed by atoms with van der Waals surface area (Å²) in [5, 5.41) is 1.73. The summed E-state index contributed by atoms with van der Waals surface area (Å²) in [6, 6.07) is 8.21. The first-order valence-electron chi connectivity index (χ1n) is 11.7. The molecule has 2 rings (SSSR count). The molecule has 1 fully saturated rings. The van der Waals surface area contributed by atoms with E-state index in [1.165, 1.54) is 63.7 Å². The number of nitrogens with zero attached hydrogens (tertiary/aromatic N) is 1. The number of allylic oxidation sites excluding steroid dienone is 2. The number of unbranched alkanes of at least 4 members (excludes halogenated alkanes) is 1. The van der Waals surface area contributed by atoms with E-state index >= 15 is 0 Å². The van der Waals surface area contributed by atoms with Gasteiger partial charge in [0.2, 0.25) is 0 Å². The molecule has 182 valence electrons. The van der Waals surface area contributed by atoms with Crippen molar-refractivity contribution in [2.75, 3.05) is 25.0 Å². The van der Waals surface area contributed by atoms with Crippen LogP contribution in [-0.2, 0) is 0 Å². The molecular formula is C25H43N3O2S2. The maximum atomic E-state index is 10.9. The molecule has 0 heterocycles. The number of benzene rings is 1.